The second-order valence-corrected chi connectivity index (χ2v) is 8.71. The Labute approximate surface area is 195 Å². The summed E-state index contributed by atoms with van der Waals surface area (Å²) in [5.74, 6) is 0.808. The summed E-state index contributed by atoms with van der Waals surface area (Å²) in [7, 11) is 0. The van der Waals surface area contributed by atoms with Gasteiger partial charge in [-0.3, -0.25) is 9.69 Å². The minimum Gasteiger partial charge on any atom is -0.492 e. The molecule has 6 nitrogen and oxygen atoms in total. The monoisotopic (exact) mass is 458 g/mol. The summed E-state index contributed by atoms with van der Waals surface area (Å²) in [5, 5.41) is 0.562. The van der Waals surface area contributed by atoms with Gasteiger partial charge in [0.1, 0.15) is 12.4 Å². The van der Waals surface area contributed by atoms with E-state index in [1.807, 2.05) is 41.3 Å². The Bertz CT molecular complexity index is 865. The van der Waals surface area contributed by atoms with Gasteiger partial charge < -0.3 is 19.1 Å². The van der Waals surface area contributed by atoms with E-state index in [0.717, 1.165) is 63.6 Å². The average molecular weight is 459 g/mol. The highest BCUT2D eigenvalue weighted by molar-refractivity contribution is 6.30. The summed E-state index contributed by atoms with van der Waals surface area (Å²) in [6, 6.07) is 15.1. The quantitative estimate of drug-likeness (QED) is 0.571. The largest absolute Gasteiger partial charge is 0.492 e. The normalized spacial score (nSPS) is 19.1. The van der Waals surface area contributed by atoms with Crippen molar-refractivity contribution in [3.63, 3.8) is 0 Å². The van der Waals surface area contributed by atoms with Crippen molar-refractivity contribution in [3.05, 3.63) is 64.7 Å². The maximum absolute atomic E-state index is 13.2. The smallest absolute Gasteiger partial charge is 0.254 e. The van der Waals surface area contributed by atoms with Crippen molar-refractivity contribution in [1.29, 1.82) is 0 Å². The van der Waals surface area contributed by atoms with Gasteiger partial charge in [0.2, 0.25) is 0 Å². The minimum atomic E-state index is -0.0335. The molecule has 0 aliphatic carbocycles. The number of hydrogen-bond acceptors (Lipinski definition) is 5. The number of hydrogen-bond donors (Lipinski definition) is 0. The molecule has 0 N–H and O–H groups in total. The van der Waals surface area contributed by atoms with Gasteiger partial charge in [0.15, 0.2) is 0 Å². The summed E-state index contributed by atoms with van der Waals surface area (Å²) in [4.78, 5) is 17.4. The molecule has 2 aromatic rings. The van der Waals surface area contributed by atoms with Gasteiger partial charge in [-0.1, -0.05) is 29.8 Å². The van der Waals surface area contributed by atoms with E-state index in [2.05, 4.69) is 4.90 Å². The standard InChI is InChI=1S/C25H31ClN2O4/c26-22-4-1-3-21(17-22)25(29)28(19-24-5-2-13-31-24)18-20-6-8-23(9-7-20)32-16-12-27-10-14-30-15-11-27/h1,3-4,6-9,17,24H,2,5,10-16,18-19H2. The third kappa shape index (κ3) is 6.69. The van der Waals surface area contributed by atoms with E-state index in [1.165, 1.54) is 0 Å². The second-order valence-electron chi connectivity index (χ2n) is 8.28. The number of benzene rings is 2. The van der Waals surface area contributed by atoms with Crippen molar-refractivity contribution >= 4 is 17.5 Å². The molecule has 1 unspecified atom stereocenters. The van der Waals surface area contributed by atoms with Gasteiger partial charge in [-0.2, -0.15) is 0 Å². The van der Waals surface area contributed by atoms with Crippen LogP contribution < -0.4 is 4.74 Å². The summed E-state index contributed by atoms with van der Waals surface area (Å²) in [6.07, 6.45) is 2.11. The summed E-state index contributed by atoms with van der Waals surface area (Å²) in [6.45, 7) is 6.91. The van der Waals surface area contributed by atoms with Crippen LogP contribution in [0.25, 0.3) is 0 Å². The van der Waals surface area contributed by atoms with Gasteiger partial charge in [-0.15, -0.1) is 0 Å². The molecule has 172 valence electrons. The molecule has 2 aliphatic heterocycles. The number of morpholine rings is 1. The molecule has 1 amide bonds. The number of halogens is 1. The third-order valence-electron chi connectivity index (χ3n) is 5.88. The predicted octanol–water partition coefficient (Wildman–Crippen LogP) is 3.87. The lowest BCUT2D eigenvalue weighted by molar-refractivity contribution is 0.0322. The van der Waals surface area contributed by atoms with Crippen LogP contribution in [0.3, 0.4) is 0 Å². The van der Waals surface area contributed by atoms with Gasteiger partial charge in [-0.05, 0) is 48.7 Å². The molecule has 0 spiro atoms. The van der Waals surface area contributed by atoms with E-state index in [-0.39, 0.29) is 12.0 Å². The van der Waals surface area contributed by atoms with Crippen molar-refractivity contribution in [2.75, 3.05) is 52.6 Å². The Morgan fingerprint density at radius 1 is 1.12 bits per heavy atom. The molecule has 32 heavy (non-hydrogen) atoms. The summed E-state index contributed by atoms with van der Waals surface area (Å²) in [5.41, 5.74) is 1.65. The lowest BCUT2D eigenvalue weighted by Gasteiger charge is -2.26. The molecule has 2 heterocycles. The Morgan fingerprint density at radius 2 is 1.94 bits per heavy atom. The maximum Gasteiger partial charge on any atom is 0.254 e. The zero-order valence-corrected chi connectivity index (χ0v) is 19.1. The highest BCUT2D eigenvalue weighted by Crippen LogP contribution is 2.20. The Morgan fingerprint density at radius 3 is 2.66 bits per heavy atom. The summed E-state index contributed by atoms with van der Waals surface area (Å²) < 4.78 is 17.1. The highest BCUT2D eigenvalue weighted by atomic mass is 35.5. The van der Waals surface area contributed by atoms with E-state index in [4.69, 9.17) is 25.8 Å². The lowest BCUT2D eigenvalue weighted by atomic mass is 10.1. The molecule has 2 aliphatic rings. The third-order valence-corrected chi connectivity index (χ3v) is 6.12. The number of nitrogens with zero attached hydrogens (tertiary/aromatic N) is 2. The molecule has 0 bridgehead atoms. The fraction of sp³-hybridized carbons (Fsp3) is 0.480. The van der Waals surface area contributed by atoms with Crippen molar-refractivity contribution in [1.82, 2.24) is 9.80 Å². The zero-order chi connectivity index (χ0) is 22.2. The molecule has 2 saturated heterocycles. The van der Waals surface area contributed by atoms with Crippen LogP contribution in [-0.2, 0) is 16.0 Å². The van der Waals surface area contributed by atoms with Crippen LogP contribution >= 0.6 is 11.6 Å². The van der Waals surface area contributed by atoms with Crippen LogP contribution in [0, 0.1) is 0 Å². The van der Waals surface area contributed by atoms with E-state index in [1.54, 1.807) is 12.1 Å². The second kappa shape index (κ2) is 11.7. The molecule has 4 rings (SSSR count). The van der Waals surface area contributed by atoms with Crippen molar-refractivity contribution in [3.8, 4) is 5.75 Å². The highest BCUT2D eigenvalue weighted by Gasteiger charge is 2.24. The predicted molar refractivity (Wildman–Crippen MR) is 124 cm³/mol. The van der Waals surface area contributed by atoms with Crippen molar-refractivity contribution < 1.29 is 19.0 Å². The molecule has 0 saturated carbocycles. The molecule has 1 atom stereocenters. The SMILES string of the molecule is O=C(c1cccc(Cl)c1)N(Cc1ccc(OCCN2CCOCC2)cc1)CC1CCCO1. The molecular weight excluding hydrogens is 428 g/mol. The molecule has 2 fully saturated rings. The van der Waals surface area contributed by atoms with Crippen molar-refractivity contribution in [2.24, 2.45) is 0 Å². The molecule has 2 aromatic carbocycles. The first-order valence-electron chi connectivity index (χ1n) is 11.4. The van der Waals surface area contributed by atoms with Crippen LogP contribution in [0.15, 0.2) is 48.5 Å². The number of rotatable bonds is 9. The zero-order valence-electron chi connectivity index (χ0n) is 18.4. The average Bonchev–Trinajstić information content (AvgIpc) is 3.33. The Kier molecular flexibility index (Phi) is 8.40. The number of carbonyl (C=O) groups is 1. The van der Waals surface area contributed by atoms with Crippen LogP contribution in [0.4, 0.5) is 0 Å². The fourth-order valence-corrected chi connectivity index (χ4v) is 4.28. The van der Waals surface area contributed by atoms with Crippen LogP contribution in [0.2, 0.25) is 5.02 Å². The van der Waals surface area contributed by atoms with Gasteiger partial charge >= 0.3 is 0 Å². The number of amides is 1. The first-order chi connectivity index (χ1) is 15.7. The first kappa shape index (κ1) is 23.1. The van der Waals surface area contributed by atoms with Gasteiger partial charge in [0.25, 0.3) is 5.91 Å². The summed E-state index contributed by atoms with van der Waals surface area (Å²) >= 11 is 6.11. The number of ether oxygens (including phenoxy) is 3. The molecule has 7 heteroatoms. The minimum absolute atomic E-state index is 0.0335. The van der Waals surface area contributed by atoms with Crippen LogP contribution in [-0.4, -0.2) is 74.4 Å². The molecule has 0 aromatic heterocycles. The van der Waals surface area contributed by atoms with Crippen LogP contribution in [0.5, 0.6) is 5.75 Å². The van der Waals surface area contributed by atoms with Gasteiger partial charge in [0.05, 0.1) is 19.3 Å². The molecule has 0 radical (unpaired) electrons. The van der Waals surface area contributed by atoms with Gasteiger partial charge in [-0.25, -0.2) is 0 Å². The van der Waals surface area contributed by atoms with Crippen LogP contribution in [0.1, 0.15) is 28.8 Å². The fourth-order valence-electron chi connectivity index (χ4n) is 4.09. The lowest BCUT2D eigenvalue weighted by Crippen LogP contribution is -2.38. The van der Waals surface area contributed by atoms with E-state index in [9.17, 15) is 4.79 Å². The van der Waals surface area contributed by atoms with E-state index in [0.29, 0.717) is 30.3 Å². The maximum atomic E-state index is 13.2. The Balaban J connectivity index is 1.35. The first-order valence-corrected chi connectivity index (χ1v) is 11.7. The topological polar surface area (TPSA) is 51.2 Å². The molecular formula is C25H31ClN2O4. The van der Waals surface area contributed by atoms with Gasteiger partial charge in [0, 0.05) is 49.9 Å². The number of carbonyl (C=O) groups excluding carboxylic acids is 1. The van der Waals surface area contributed by atoms with Crippen molar-refractivity contribution in [2.45, 2.75) is 25.5 Å². The Hall–Kier alpha value is -2.12. The van der Waals surface area contributed by atoms with E-state index < -0.39 is 0 Å². The van der Waals surface area contributed by atoms with E-state index >= 15 is 0 Å².